The highest BCUT2D eigenvalue weighted by Gasteiger charge is 2.30. The van der Waals surface area contributed by atoms with E-state index in [2.05, 4.69) is 9.71 Å². The van der Waals surface area contributed by atoms with Crippen molar-refractivity contribution in [3.05, 3.63) is 30.1 Å². The van der Waals surface area contributed by atoms with Gasteiger partial charge in [-0.1, -0.05) is 6.07 Å². The maximum atomic E-state index is 11.7. The maximum Gasteiger partial charge on any atom is 0.212 e. The fraction of sp³-hybridized carbons (Fsp3) is 0.583. The summed E-state index contributed by atoms with van der Waals surface area (Å²) in [5.74, 6) is 0.282. The molecule has 1 aromatic rings. The van der Waals surface area contributed by atoms with E-state index in [0.717, 1.165) is 18.5 Å². The molecule has 1 atom stereocenters. The molecule has 1 heterocycles. The van der Waals surface area contributed by atoms with Crippen molar-refractivity contribution in [1.82, 2.24) is 9.71 Å². The van der Waals surface area contributed by atoms with Crippen LogP contribution in [0.4, 0.5) is 0 Å². The Labute approximate surface area is 107 Å². The molecule has 6 heteroatoms. The Balaban J connectivity index is 1.76. The van der Waals surface area contributed by atoms with E-state index in [1.54, 1.807) is 18.3 Å². The Morgan fingerprint density at radius 1 is 1.44 bits per heavy atom. The van der Waals surface area contributed by atoms with Crippen molar-refractivity contribution in [2.24, 2.45) is 5.92 Å². The molecule has 2 N–H and O–H groups in total. The van der Waals surface area contributed by atoms with Crippen molar-refractivity contribution in [3.8, 4) is 0 Å². The van der Waals surface area contributed by atoms with Crippen LogP contribution in [0, 0.1) is 5.92 Å². The SMILES string of the molecule is O=S(=O)(CCc1ccccn1)NCC(O)C1CC1. The minimum Gasteiger partial charge on any atom is -0.391 e. The first kappa shape index (κ1) is 13.5. The largest absolute Gasteiger partial charge is 0.391 e. The number of hydrogen-bond acceptors (Lipinski definition) is 4. The Morgan fingerprint density at radius 2 is 2.22 bits per heavy atom. The standard InChI is InChI=1S/C12H18N2O3S/c15-12(10-4-5-10)9-14-18(16,17)8-6-11-3-1-2-7-13-11/h1-3,7,10,12,14-15H,4-6,8-9H2. The quantitative estimate of drug-likeness (QED) is 0.747. The molecule has 0 aromatic carbocycles. The Bertz CT molecular complexity index is 471. The monoisotopic (exact) mass is 270 g/mol. The van der Waals surface area contributed by atoms with E-state index in [1.165, 1.54) is 0 Å². The Hall–Kier alpha value is -0.980. The number of nitrogens with one attached hydrogen (secondary N) is 1. The molecule has 0 bridgehead atoms. The van der Waals surface area contributed by atoms with Crippen molar-refractivity contribution in [1.29, 1.82) is 0 Å². The second-order valence-corrected chi connectivity index (χ2v) is 6.57. The summed E-state index contributed by atoms with van der Waals surface area (Å²) >= 11 is 0. The van der Waals surface area contributed by atoms with E-state index < -0.39 is 16.1 Å². The fourth-order valence-corrected chi connectivity index (χ4v) is 2.76. The van der Waals surface area contributed by atoms with Crippen LogP contribution < -0.4 is 4.72 Å². The van der Waals surface area contributed by atoms with E-state index in [1.807, 2.05) is 6.07 Å². The second kappa shape index (κ2) is 5.77. The van der Waals surface area contributed by atoms with Gasteiger partial charge in [0.15, 0.2) is 0 Å². The molecular weight excluding hydrogens is 252 g/mol. The predicted octanol–water partition coefficient (Wildman–Crippen LogP) is 0.314. The number of pyridine rings is 1. The topological polar surface area (TPSA) is 79.3 Å². The maximum absolute atomic E-state index is 11.7. The first-order chi connectivity index (χ1) is 8.57. The molecule has 0 spiro atoms. The molecule has 2 rings (SSSR count). The molecule has 5 nitrogen and oxygen atoms in total. The van der Waals surface area contributed by atoms with Crippen molar-refractivity contribution in [3.63, 3.8) is 0 Å². The molecule has 1 unspecified atom stereocenters. The summed E-state index contributed by atoms with van der Waals surface area (Å²) in [5, 5.41) is 9.60. The van der Waals surface area contributed by atoms with Crippen molar-refractivity contribution in [2.45, 2.75) is 25.4 Å². The normalized spacial score (nSPS) is 17.6. The van der Waals surface area contributed by atoms with Crippen LogP contribution in [-0.2, 0) is 16.4 Å². The van der Waals surface area contributed by atoms with Crippen LogP contribution in [0.15, 0.2) is 24.4 Å². The van der Waals surface area contributed by atoms with Crippen molar-refractivity contribution >= 4 is 10.0 Å². The predicted molar refractivity (Wildman–Crippen MR) is 68.5 cm³/mol. The van der Waals surface area contributed by atoms with Gasteiger partial charge in [-0.25, -0.2) is 13.1 Å². The number of aliphatic hydroxyl groups excluding tert-OH is 1. The van der Waals surface area contributed by atoms with Crippen LogP contribution in [0.3, 0.4) is 0 Å². The highest BCUT2D eigenvalue weighted by Crippen LogP contribution is 2.32. The van der Waals surface area contributed by atoms with Gasteiger partial charge in [-0.05, 0) is 30.9 Å². The third-order valence-electron chi connectivity index (χ3n) is 3.03. The van der Waals surface area contributed by atoms with Gasteiger partial charge in [0.2, 0.25) is 10.0 Å². The summed E-state index contributed by atoms with van der Waals surface area (Å²) in [6, 6.07) is 5.43. The first-order valence-corrected chi connectivity index (χ1v) is 7.77. The molecule has 1 aromatic heterocycles. The summed E-state index contributed by atoms with van der Waals surface area (Å²) in [6.07, 6.45) is 3.48. The number of sulfonamides is 1. The third-order valence-corrected chi connectivity index (χ3v) is 4.38. The zero-order valence-corrected chi connectivity index (χ0v) is 10.9. The van der Waals surface area contributed by atoms with Crippen molar-refractivity contribution in [2.75, 3.05) is 12.3 Å². The summed E-state index contributed by atoms with van der Waals surface area (Å²) in [4.78, 5) is 4.07. The Kier molecular flexibility index (Phi) is 4.31. The molecule has 0 amide bonds. The van der Waals surface area contributed by atoms with Crippen LogP contribution in [0.1, 0.15) is 18.5 Å². The second-order valence-electron chi connectivity index (χ2n) is 4.64. The molecular formula is C12H18N2O3S. The average molecular weight is 270 g/mol. The molecule has 0 aliphatic heterocycles. The number of rotatable bonds is 7. The zero-order chi connectivity index (χ0) is 13.0. The van der Waals surface area contributed by atoms with Gasteiger partial charge in [0.25, 0.3) is 0 Å². The molecule has 100 valence electrons. The van der Waals surface area contributed by atoms with Crippen LogP contribution in [0.25, 0.3) is 0 Å². The van der Waals surface area contributed by atoms with Gasteiger partial charge in [0, 0.05) is 24.9 Å². The van der Waals surface area contributed by atoms with Crippen LogP contribution >= 0.6 is 0 Å². The summed E-state index contributed by atoms with van der Waals surface area (Å²) in [6.45, 7) is 0.120. The molecule has 0 saturated heterocycles. The molecule has 0 radical (unpaired) electrons. The van der Waals surface area contributed by atoms with Gasteiger partial charge < -0.3 is 5.11 Å². The van der Waals surface area contributed by atoms with E-state index in [9.17, 15) is 13.5 Å². The Morgan fingerprint density at radius 3 is 2.83 bits per heavy atom. The van der Waals surface area contributed by atoms with Gasteiger partial charge in [0.05, 0.1) is 11.9 Å². The molecule has 1 fully saturated rings. The summed E-state index contributed by atoms with van der Waals surface area (Å²) in [5.41, 5.74) is 0.755. The van der Waals surface area contributed by atoms with Gasteiger partial charge in [0.1, 0.15) is 0 Å². The van der Waals surface area contributed by atoms with Crippen LogP contribution in [0.2, 0.25) is 0 Å². The molecule has 1 aliphatic carbocycles. The van der Waals surface area contributed by atoms with Gasteiger partial charge in [-0.2, -0.15) is 0 Å². The molecule has 18 heavy (non-hydrogen) atoms. The van der Waals surface area contributed by atoms with Crippen molar-refractivity contribution < 1.29 is 13.5 Å². The van der Waals surface area contributed by atoms with E-state index in [-0.39, 0.29) is 18.2 Å². The highest BCUT2D eigenvalue weighted by atomic mass is 32.2. The zero-order valence-electron chi connectivity index (χ0n) is 10.1. The minimum atomic E-state index is -3.33. The number of aromatic nitrogens is 1. The lowest BCUT2D eigenvalue weighted by Gasteiger charge is -2.11. The molecule has 1 aliphatic rings. The molecule has 1 saturated carbocycles. The van der Waals surface area contributed by atoms with E-state index in [4.69, 9.17) is 0 Å². The number of nitrogens with zero attached hydrogens (tertiary/aromatic N) is 1. The third kappa shape index (κ3) is 4.36. The van der Waals surface area contributed by atoms with E-state index in [0.29, 0.717) is 6.42 Å². The lowest BCUT2D eigenvalue weighted by molar-refractivity contribution is 0.155. The van der Waals surface area contributed by atoms with Crippen LogP contribution in [-0.4, -0.2) is 36.9 Å². The lowest BCUT2D eigenvalue weighted by Crippen LogP contribution is -2.35. The number of hydrogen-bond donors (Lipinski definition) is 2. The van der Waals surface area contributed by atoms with E-state index >= 15 is 0 Å². The average Bonchev–Trinajstić information content (AvgIpc) is 3.19. The smallest absolute Gasteiger partial charge is 0.212 e. The minimum absolute atomic E-state index is 0.00139. The van der Waals surface area contributed by atoms with Crippen LogP contribution in [0.5, 0.6) is 0 Å². The van der Waals surface area contributed by atoms with Gasteiger partial charge in [-0.3, -0.25) is 4.98 Å². The lowest BCUT2D eigenvalue weighted by atomic mass is 10.2. The summed E-state index contributed by atoms with van der Waals surface area (Å²) in [7, 11) is -3.33. The number of aryl methyl sites for hydroxylation is 1. The first-order valence-electron chi connectivity index (χ1n) is 6.12. The number of aliphatic hydroxyl groups is 1. The highest BCUT2D eigenvalue weighted by molar-refractivity contribution is 7.89. The van der Waals surface area contributed by atoms with Gasteiger partial charge in [-0.15, -0.1) is 0 Å². The summed E-state index contributed by atoms with van der Waals surface area (Å²) < 4.78 is 25.8. The van der Waals surface area contributed by atoms with Gasteiger partial charge >= 0.3 is 0 Å². The fourth-order valence-electron chi connectivity index (χ4n) is 1.72.